The highest BCUT2D eigenvalue weighted by atomic mass is 19.1. The van der Waals surface area contributed by atoms with Gasteiger partial charge in [-0.15, -0.1) is 0 Å². The number of ether oxygens (including phenoxy) is 2. The van der Waals surface area contributed by atoms with Crippen molar-refractivity contribution in [3.05, 3.63) is 76.8 Å². The summed E-state index contributed by atoms with van der Waals surface area (Å²) < 4.78 is 24.2. The van der Waals surface area contributed by atoms with E-state index >= 15 is 0 Å². The number of carbonyl (C=O) groups excluding carboxylic acids is 1. The van der Waals surface area contributed by atoms with Crippen molar-refractivity contribution in [2.24, 2.45) is 0 Å². The number of benzene rings is 2. The molecule has 0 N–H and O–H groups in total. The van der Waals surface area contributed by atoms with Gasteiger partial charge in [-0.05, 0) is 80.9 Å². The van der Waals surface area contributed by atoms with Gasteiger partial charge in [-0.1, -0.05) is 12.1 Å². The molecule has 4 nitrogen and oxygen atoms in total. The maximum absolute atomic E-state index is 13.1. The molecular formula is C24H26FNO3. The van der Waals surface area contributed by atoms with Crippen LogP contribution in [0.1, 0.15) is 40.7 Å². The number of allylic oxidation sites excluding steroid dienone is 1. The van der Waals surface area contributed by atoms with Gasteiger partial charge in [0.05, 0.1) is 12.7 Å². The molecule has 152 valence electrons. The van der Waals surface area contributed by atoms with E-state index in [1.54, 1.807) is 7.11 Å². The van der Waals surface area contributed by atoms with Crippen molar-refractivity contribution >= 4 is 5.97 Å². The number of rotatable bonds is 4. The number of aryl methyl sites for hydroxylation is 1. The first-order valence-corrected chi connectivity index (χ1v) is 9.95. The Morgan fingerprint density at radius 3 is 2.66 bits per heavy atom. The number of hydrogen-bond acceptors (Lipinski definition) is 4. The Bertz CT molecular complexity index is 953. The number of hydrogen-bond donors (Lipinski definition) is 0. The first-order chi connectivity index (χ1) is 13.9. The van der Waals surface area contributed by atoms with Gasteiger partial charge in [0.15, 0.2) is 0 Å². The minimum atomic E-state index is -0.440. The maximum atomic E-state index is 13.1. The Balaban J connectivity index is 1.58. The van der Waals surface area contributed by atoms with E-state index in [1.165, 1.54) is 29.8 Å². The molecule has 0 spiro atoms. The zero-order valence-corrected chi connectivity index (χ0v) is 17.1. The molecule has 29 heavy (non-hydrogen) atoms. The third-order valence-electron chi connectivity index (χ3n) is 6.44. The average molecular weight is 395 g/mol. The molecule has 1 heterocycles. The zero-order chi connectivity index (χ0) is 20.6. The number of carbonyl (C=O) groups is 1. The van der Waals surface area contributed by atoms with E-state index in [0.29, 0.717) is 17.7 Å². The summed E-state index contributed by atoms with van der Waals surface area (Å²) in [5.41, 5.74) is 2.81. The van der Waals surface area contributed by atoms with Crippen LogP contribution in [0, 0.1) is 12.7 Å². The highest BCUT2D eigenvalue weighted by Crippen LogP contribution is 2.48. The Hall–Kier alpha value is -2.66. The van der Waals surface area contributed by atoms with E-state index < -0.39 is 5.97 Å². The molecule has 0 aromatic heterocycles. The smallest absolute Gasteiger partial charge is 0.343 e. The predicted octanol–water partition coefficient (Wildman–Crippen LogP) is 4.62. The molecule has 1 aliphatic heterocycles. The summed E-state index contributed by atoms with van der Waals surface area (Å²) in [6.45, 7) is 3.07. The first-order valence-electron chi connectivity index (χ1n) is 9.95. The molecule has 4 rings (SSSR count). The van der Waals surface area contributed by atoms with Crippen LogP contribution in [-0.2, 0) is 10.2 Å². The zero-order valence-electron chi connectivity index (χ0n) is 17.1. The van der Waals surface area contributed by atoms with Gasteiger partial charge >= 0.3 is 5.97 Å². The number of fused-ring (bicyclic) bond motifs is 1. The fraction of sp³-hybridized carbons (Fsp3) is 0.375. The van der Waals surface area contributed by atoms with E-state index in [4.69, 9.17) is 9.47 Å². The number of likely N-dealkylation sites (tertiary alicyclic amines) is 1. The summed E-state index contributed by atoms with van der Waals surface area (Å²) in [7, 11) is 3.82. The summed E-state index contributed by atoms with van der Waals surface area (Å²) in [6, 6.07) is 12.1. The van der Waals surface area contributed by atoms with Gasteiger partial charge in [0, 0.05) is 17.9 Å². The lowest BCUT2D eigenvalue weighted by Crippen LogP contribution is -2.43. The molecule has 5 heteroatoms. The molecule has 0 amide bonds. The van der Waals surface area contributed by atoms with Crippen LogP contribution >= 0.6 is 0 Å². The monoisotopic (exact) mass is 395 g/mol. The maximum Gasteiger partial charge on any atom is 0.343 e. The molecule has 2 unspecified atom stereocenters. The van der Waals surface area contributed by atoms with Crippen molar-refractivity contribution in [2.45, 2.75) is 37.6 Å². The van der Waals surface area contributed by atoms with Crippen molar-refractivity contribution < 1.29 is 18.7 Å². The predicted molar refractivity (Wildman–Crippen MR) is 110 cm³/mol. The third-order valence-corrected chi connectivity index (χ3v) is 6.44. The molecule has 2 aromatic rings. The SMILES string of the molecule is COc1ccc(C23CC=C(OC(=O)c4ccc(F)cc4)CC2N(C)CC3)cc1C. The van der Waals surface area contributed by atoms with Crippen LogP contribution in [0.2, 0.25) is 0 Å². The second-order valence-corrected chi connectivity index (χ2v) is 8.06. The second kappa shape index (κ2) is 7.64. The molecule has 0 saturated carbocycles. The van der Waals surface area contributed by atoms with Crippen LogP contribution in [-0.4, -0.2) is 37.6 Å². The highest BCUT2D eigenvalue weighted by molar-refractivity contribution is 5.90. The standard InChI is InChI=1S/C24H26FNO3/c1-16-14-18(6-9-21(16)28-3)24-11-10-20(15-22(24)26(2)13-12-24)29-23(27)17-4-7-19(25)8-5-17/h4-10,14,22H,11-13,15H2,1-3H3. The van der Waals surface area contributed by atoms with E-state index in [2.05, 4.69) is 37.1 Å². The molecule has 1 aliphatic carbocycles. The van der Waals surface area contributed by atoms with Crippen molar-refractivity contribution in [1.29, 1.82) is 0 Å². The van der Waals surface area contributed by atoms with Crippen molar-refractivity contribution in [3.63, 3.8) is 0 Å². The quantitative estimate of drug-likeness (QED) is 0.708. The van der Waals surface area contributed by atoms with E-state index in [0.717, 1.165) is 30.7 Å². The van der Waals surface area contributed by atoms with E-state index in [9.17, 15) is 9.18 Å². The number of esters is 1. The minimum Gasteiger partial charge on any atom is -0.496 e. The summed E-state index contributed by atoms with van der Waals surface area (Å²) in [5.74, 6) is 0.780. The molecule has 2 atom stereocenters. The van der Waals surface area contributed by atoms with Gasteiger partial charge in [0.25, 0.3) is 0 Å². The first kappa shape index (κ1) is 19.6. The fourth-order valence-corrected chi connectivity index (χ4v) is 4.77. The Morgan fingerprint density at radius 2 is 1.97 bits per heavy atom. The molecule has 2 aliphatic rings. The number of nitrogens with zero attached hydrogens (tertiary/aromatic N) is 1. The molecule has 0 bridgehead atoms. The van der Waals surface area contributed by atoms with Crippen molar-refractivity contribution in [2.75, 3.05) is 20.7 Å². The van der Waals surface area contributed by atoms with Gasteiger partial charge < -0.3 is 14.4 Å². The fourth-order valence-electron chi connectivity index (χ4n) is 4.77. The normalized spacial score (nSPS) is 24.0. The van der Waals surface area contributed by atoms with E-state index in [-0.39, 0.29) is 17.3 Å². The molecule has 1 saturated heterocycles. The molecular weight excluding hydrogens is 369 g/mol. The molecule has 2 aromatic carbocycles. The Labute approximate surface area is 170 Å². The number of methoxy groups -OCH3 is 1. The third kappa shape index (κ3) is 3.55. The van der Waals surface area contributed by atoms with Gasteiger partial charge in [-0.25, -0.2) is 9.18 Å². The average Bonchev–Trinajstić information content (AvgIpc) is 3.06. The van der Waals surface area contributed by atoms with Crippen LogP contribution in [0.15, 0.2) is 54.3 Å². The topological polar surface area (TPSA) is 38.8 Å². The van der Waals surface area contributed by atoms with Crippen LogP contribution in [0.3, 0.4) is 0 Å². The van der Waals surface area contributed by atoms with Crippen molar-refractivity contribution in [3.8, 4) is 5.75 Å². The van der Waals surface area contributed by atoms with Crippen LogP contribution in [0.4, 0.5) is 4.39 Å². The Morgan fingerprint density at radius 1 is 1.21 bits per heavy atom. The lowest BCUT2D eigenvalue weighted by Gasteiger charge is -2.40. The molecule has 0 radical (unpaired) electrons. The second-order valence-electron chi connectivity index (χ2n) is 8.06. The summed E-state index contributed by atoms with van der Waals surface area (Å²) in [4.78, 5) is 14.8. The summed E-state index contributed by atoms with van der Waals surface area (Å²) in [6.07, 6.45) is 4.61. The van der Waals surface area contributed by atoms with Gasteiger partial charge in [-0.2, -0.15) is 0 Å². The summed E-state index contributed by atoms with van der Waals surface area (Å²) in [5, 5.41) is 0. The van der Waals surface area contributed by atoms with Gasteiger partial charge in [0.1, 0.15) is 17.3 Å². The van der Waals surface area contributed by atoms with E-state index in [1.807, 2.05) is 6.07 Å². The number of halogens is 1. The highest BCUT2D eigenvalue weighted by Gasteiger charge is 2.49. The minimum absolute atomic E-state index is 0.0115. The van der Waals surface area contributed by atoms with Crippen LogP contribution < -0.4 is 4.74 Å². The van der Waals surface area contributed by atoms with Crippen LogP contribution in [0.5, 0.6) is 5.75 Å². The lowest BCUT2D eigenvalue weighted by molar-refractivity contribution is 0.0579. The number of likely N-dealkylation sites (N-methyl/N-ethyl adjacent to an activating group) is 1. The lowest BCUT2D eigenvalue weighted by atomic mass is 9.68. The van der Waals surface area contributed by atoms with Gasteiger partial charge in [0.2, 0.25) is 0 Å². The Kier molecular flexibility index (Phi) is 5.17. The van der Waals surface area contributed by atoms with Crippen molar-refractivity contribution in [1.82, 2.24) is 4.90 Å². The summed E-state index contributed by atoms with van der Waals surface area (Å²) >= 11 is 0. The van der Waals surface area contributed by atoms with Crippen LogP contribution in [0.25, 0.3) is 0 Å². The molecule has 1 fully saturated rings. The largest absolute Gasteiger partial charge is 0.496 e. The van der Waals surface area contributed by atoms with Gasteiger partial charge in [-0.3, -0.25) is 0 Å².